The van der Waals surface area contributed by atoms with Crippen LogP contribution in [0.1, 0.15) is 24.0 Å². The van der Waals surface area contributed by atoms with E-state index in [-0.39, 0.29) is 0 Å². The Morgan fingerprint density at radius 3 is 2.71 bits per heavy atom. The minimum absolute atomic E-state index is 0.617. The summed E-state index contributed by atoms with van der Waals surface area (Å²) in [6.07, 6.45) is 1.41. The molecule has 110 valence electrons. The molecule has 0 bridgehead atoms. The molecule has 0 fully saturated rings. The van der Waals surface area contributed by atoms with Gasteiger partial charge < -0.3 is 9.84 Å². The number of fused-ring (bicyclic) bond motifs is 2. The molecule has 0 aliphatic carbocycles. The van der Waals surface area contributed by atoms with Crippen molar-refractivity contribution in [3.8, 4) is 0 Å². The number of hydrogen-bond donors (Lipinski definition) is 1. The fourth-order valence-corrected chi connectivity index (χ4v) is 4.19. The van der Waals surface area contributed by atoms with E-state index in [4.69, 9.17) is 16.3 Å². The number of halogens is 1. The largest absolute Gasteiger partial charge is 0.385 e. The van der Waals surface area contributed by atoms with E-state index in [9.17, 15) is 5.11 Å². The summed E-state index contributed by atoms with van der Waals surface area (Å²) in [5.74, 6) is 0. The lowest BCUT2D eigenvalue weighted by Crippen LogP contribution is -2.31. The molecular weight excluding hydrogens is 304 g/mol. The van der Waals surface area contributed by atoms with Crippen LogP contribution in [-0.2, 0) is 10.3 Å². The highest BCUT2D eigenvalue weighted by molar-refractivity contribution is 7.99. The molecule has 0 saturated carbocycles. The summed E-state index contributed by atoms with van der Waals surface area (Å²) < 4.78 is 5.14. The molecule has 3 rings (SSSR count). The van der Waals surface area contributed by atoms with Crippen molar-refractivity contribution >= 4 is 23.4 Å². The zero-order valence-electron chi connectivity index (χ0n) is 11.8. The fraction of sp³-hybridized carbons (Fsp3) is 0.294. The standard InChI is InChI=1S/C17H17ClO2S/c1-20-10-4-9-17(19)13-5-2-3-6-15(13)21-16-8-7-12(18)11-14(16)17/h2-3,5-8,11,19H,4,9-10H2,1H3. The molecule has 21 heavy (non-hydrogen) atoms. The Labute approximate surface area is 134 Å². The molecule has 2 aromatic rings. The third-order valence-corrected chi connectivity index (χ3v) is 5.21. The molecule has 2 aromatic carbocycles. The third kappa shape index (κ3) is 2.71. The molecule has 1 aliphatic heterocycles. The molecular formula is C17H17ClO2S. The van der Waals surface area contributed by atoms with Gasteiger partial charge in [-0.3, -0.25) is 0 Å². The molecule has 0 spiro atoms. The van der Waals surface area contributed by atoms with Gasteiger partial charge in [-0.05, 0) is 37.1 Å². The van der Waals surface area contributed by atoms with Crippen LogP contribution in [0.2, 0.25) is 5.02 Å². The van der Waals surface area contributed by atoms with Gasteiger partial charge in [-0.1, -0.05) is 41.6 Å². The average molecular weight is 321 g/mol. The van der Waals surface area contributed by atoms with Gasteiger partial charge in [-0.25, -0.2) is 0 Å². The van der Waals surface area contributed by atoms with E-state index in [2.05, 4.69) is 6.07 Å². The van der Waals surface area contributed by atoms with Gasteiger partial charge in [0.1, 0.15) is 5.60 Å². The van der Waals surface area contributed by atoms with E-state index in [1.807, 2.05) is 36.4 Å². The van der Waals surface area contributed by atoms with Crippen LogP contribution in [0.5, 0.6) is 0 Å². The number of aliphatic hydroxyl groups is 1. The SMILES string of the molecule is COCCCC1(O)c2ccccc2Sc2ccc(Cl)cc21. The topological polar surface area (TPSA) is 29.5 Å². The molecule has 1 unspecified atom stereocenters. The highest BCUT2D eigenvalue weighted by Crippen LogP contribution is 2.50. The normalized spacial score (nSPS) is 20.0. The summed E-state index contributed by atoms with van der Waals surface area (Å²) in [6, 6.07) is 13.8. The fourth-order valence-electron chi connectivity index (χ4n) is 2.82. The van der Waals surface area contributed by atoms with Crippen LogP contribution in [-0.4, -0.2) is 18.8 Å². The predicted molar refractivity (Wildman–Crippen MR) is 86.1 cm³/mol. The van der Waals surface area contributed by atoms with E-state index >= 15 is 0 Å². The van der Waals surface area contributed by atoms with Gasteiger partial charge in [0.05, 0.1) is 0 Å². The van der Waals surface area contributed by atoms with E-state index < -0.39 is 5.60 Å². The molecule has 1 N–H and O–H groups in total. The molecule has 1 heterocycles. The second-order valence-corrected chi connectivity index (χ2v) is 6.72. The van der Waals surface area contributed by atoms with Gasteiger partial charge in [-0.2, -0.15) is 0 Å². The Morgan fingerprint density at radius 2 is 1.90 bits per heavy atom. The smallest absolute Gasteiger partial charge is 0.117 e. The number of rotatable bonds is 4. The van der Waals surface area contributed by atoms with Gasteiger partial charge >= 0.3 is 0 Å². The Balaban J connectivity index is 2.10. The number of benzene rings is 2. The lowest BCUT2D eigenvalue weighted by Gasteiger charge is -2.36. The minimum Gasteiger partial charge on any atom is -0.385 e. The highest BCUT2D eigenvalue weighted by Gasteiger charge is 2.38. The Kier molecular flexibility index (Phi) is 4.27. The first kappa shape index (κ1) is 14.9. The average Bonchev–Trinajstić information content (AvgIpc) is 2.49. The quantitative estimate of drug-likeness (QED) is 0.843. The van der Waals surface area contributed by atoms with Crippen molar-refractivity contribution in [1.82, 2.24) is 0 Å². The van der Waals surface area contributed by atoms with Crippen LogP contribution in [0.25, 0.3) is 0 Å². The molecule has 1 aliphatic rings. The molecule has 1 atom stereocenters. The van der Waals surface area contributed by atoms with Crippen molar-refractivity contribution in [3.05, 3.63) is 58.6 Å². The third-order valence-electron chi connectivity index (χ3n) is 3.83. The summed E-state index contributed by atoms with van der Waals surface area (Å²) in [5, 5.41) is 12.1. The molecule has 0 radical (unpaired) electrons. The first-order valence-electron chi connectivity index (χ1n) is 6.94. The van der Waals surface area contributed by atoms with Crippen molar-refractivity contribution in [3.63, 3.8) is 0 Å². The van der Waals surface area contributed by atoms with Crippen molar-refractivity contribution in [2.75, 3.05) is 13.7 Å². The van der Waals surface area contributed by atoms with E-state index in [0.29, 0.717) is 18.1 Å². The van der Waals surface area contributed by atoms with Gasteiger partial charge in [0, 0.05) is 39.7 Å². The maximum atomic E-state index is 11.4. The Bertz CT molecular complexity index is 659. The van der Waals surface area contributed by atoms with Crippen LogP contribution in [0, 0.1) is 0 Å². The van der Waals surface area contributed by atoms with Gasteiger partial charge in [0.2, 0.25) is 0 Å². The van der Waals surface area contributed by atoms with Crippen molar-refractivity contribution in [2.24, 2.45) is 0 Å². The minimum atomic E-state index is -0.999. The Hall–Kier alpha value is -1.00. The molecule has 0 amide bonds. The molecule has 0 aromatic heterocycles. The number of hydrogen-bond acceptors (Lipinski definition) is 3. The van der Waals surface area contributed by atoms with Crippen molar-refractivity contribution in [2.45, 2.75) is 28.2 Å². The molecule has 4 heteroatoms. The Morgan fingerprint density at radius 1 is 1.14 bits per heavy atom. The summed E-state index contributed by atoms with van der Waals surface area (Å²) in [7, 11) is 1.68. The van der Waals surface area contributed by atoms with Crippen LogP contribution >= 0.6 is 23.4 Å². The maximum Gasteiger partial charge on any atom is 0.117 e. The van der Waals surface area contributed by atoms with Crippen molar-refractivity contribution in [1.29, 1.82) is 0 Å². The first-order valence-corrected chi connectivity index (χ1v) is 8.13. The van der Waals surface area contributed by atoms with Crippen molar-refractivity contribution < 1.29 is 9.84 Å². The second kappa shape index (κ2) is 6.01. The van der Waals surface area contributed by atoms with Crippen LogP contribution in [0.4, 0.5) is 0 Å². The first-order chi connectivity index (χ1) is 10.1. The zero-order valence-corrected chi connectivity index (χ0v) is 13.4. The number of ether oxygens (including phenoxy) is 1. The van der Waals surface area contributed by atoms with Gasteiger partial charge in [-0.15, -0.1) is 0 Å². The van der Waals surface area contributed by atoms with Crippen LogP contribution in [0.15, 0.2) is 52.3 Å². The maximum absolute atomic E-state index is 11.4. The summed E-state index contributed by atoms with van der Waals surface area (Å²) in [5.41, 5.74) is 0.858. The lowest BCUT2D eigenvalue weighted by atomic mass is 9.82. The zero-order chi connectivity index (χ0) is 14.9. The van der Waals surface area contributed by atoms with Gasteiger partial charge in [0.25, 0.3) is 0 Å². The molecule has 0 saturated heterocycles. The molecule has 2 nitrogen and oxygen atoms in total. The van der Waals surface area contributed by atoms with E-state index in [0.717, 1.165) is 27.3 Å². The lowest BCUT2D eigenvalue weighted by molar-refractivity contribution is 0.0526. The predicted octanol–water partition coefficient (Wildman–Crippen LogP) is 4.47. The number of methoxy groups -OCH3 is 1. The van der Waals surface area contributed by atoms with Gasteiger partial charge in [0.15, 0.2) is 0 Å². The summed E-state index contributed by atoms with van der Waals surface area (Å²) in [6.45, 7) is 0.632. The van der Waals surface area contributed by atoms with E-state index in [1.54, 1.807) is 18.9 Å². The van der Waals surface area contributed by atoms with Crippen LogP contribution in [0.3, 0.4) is 0 Å². The highest BCUT2D eigenvalue weighted by atomic mass is 35.5. The second-order valence-electron chi connectivity index (χ2n) is 5.20. The summed E-state index contributed by atoms with van der Waals surface area (Å²) >= 11 is 7.83. The van der Waals surface area contributed by atoms with Crippen LogP contribution < -0.4 is 0 Å². The van der Waals surface area contributed by atoms with E-state index in [1.165, 1.54) is 0 Å². The summed E-state index contributed by atoms with van der Waals surface area (Å²) in [4.78, 5) is 2.17. The monoisotopic (exact) mass is 320 g/mol.